The second-order valence-corrected chi connectivity index (χ2v) is 5.56. The highest BCUT2D eigenvalue weighted by Crippen LogP contribution is 2.28. The molecule has 3 heteroatoms. The summed E-state index contributed by atoms with van der Waals surface area (Å²) in [6, 6.07) is 8.30. The Balaban J connectivity index is 1.84. The fraction of sp³-hybridized carbons (Fsp3) is 0.600. The summed E-state index contributed by atoms with van der Waals surface area (Å²) >= 11 is 5.94. The molecule has 0 radical (unpaired) electrons. The Hall–Kier alpha value is -0.570. The van der Waals surface area contributed by atoms with Gasteiger partial charge in [0.25, 0.3) is 0 Å². The van der Waals surface area contributed by atoms with Crippen LogP contribution in [0, 0.1) is 0 Å². The lowest BCUT2D eigenvalue weighted by atomic mass is 10.1. The van der Waals surface area contributed by atoms with E-state index in [2.05, 4.69) is 11.8 Å². The van der Waals surface area contributed by atoms with Crippen molar-refractivity contribution in [1.82, 2.24) is 4.90 Å². The molecule has 1 fully saturated rings. The number of nitrogens with zero attached hydrogens (tertiary/aromatic N) is 1. The molecule has 1 aliphatic carbocycles. The highest BCUT2D eigenvalue weighted by atomic mass is 35.5. The molecule has 1 N–H and O–H groups in total. The quantitative estimate of drug-likeness (QED) is 0.815. The third-order valence-electron chi connectivity index (χ3n) is 3.50. The molecule has 0 bridgehead atoms. The van der Waals surface area contributed by atoms with Gasteiger partial charge in [0, 0.05) is 17.6 Å². The van der Waals surface area contributed by atoms with Crippen molar-refractivity contribution in [3.8, 4) is 0 Å². The molecule has 2 rings (SSSR count). The van der Waals surface area contributed by atoms with E-state index in [4.69, 9.17) is 11.6 Å². The molecule has 1 aromatic carbocycles. The normalized spacial score (nSPS) is 17.1. The zero-order chi connectivity index (χ0) is 13.0. The summed E-state index contributed by atoms with van der Waals surface area (Å²) in [6.07, 6.45) is 4.23. The average molecular weight is 268 g/mol. The molecule has 1 atom stereocenters. The highest BCUT2D eigenvalue weighted by Gasteiger charge is 2.28. The van der Waals surface area contributed by atoms with Gasteiger partial charge in [-0.1, -0.05) is 30.7 Å². The van der Waals surface area contributed by atoms with Gasteiger partial charge >= 0.3 is 0 Å². The van der Waals surface area contributed by atoms with Crippen LogP contribution in [-0.2, 0) is 0 Å². The zero-order valence-corrected chi connectivity index (χ0v) is 11.7. The molecule has 0 spiro atoms. The molecule has 18 heavy (non-hydrogen) atoms. The Bertz CT molecular complexity index is 379. The van der Waals surface area contributed by atoms with Gasteiger partial charge in [0.15, 0.2) is 0 Å². The van der Waals surface area contributed by atoms with Gasteiger partial charge in [-0.3, -0.25) is 0 Å². The predicted molar refractivity (Wildman–Crippen MR) is 75.9 cm³/mol. The molecule has 100 valence electrons. The van der Waals surface area contributed by atoms with E-state index in [0.29, 0.717) is 5.02 Å². The monoisotopic (exact) mass is 267 g/mol. The number of halogens is 1. The third-order valence-corrected chi connectivity index (χ3v) is 3.73. The molecule has 1 aromatic rings. The largest absolute Gasteiger partial charge is 0.388 e. The highest BCUT2D eigenvalue weighted by molar-refractivity contribution is 6.30. The molecule has 1 unspecified atom stereocenters. The van der Waals surface area contributed by atoms with Crippen LogP contribution in [0.4, 0.5) is 0 Å². The fourth-order valence-corrected chi connectivity index (χ4v) is 2.57. The van der Waals surface area contributed by atoms with Gasteiger partial charge in [-0.05, 0) is 49.9 Å². The molecular weight excluding hydrogens is 246 g/mol. The maximum atomic E-state index is 10.2. The third kappa shape index (κ3) is 3.98. The van der Waals surface area contributed by atoms with E-state index in [9.17, 15) is 5.11 Å². The number of aliphatic hydroxyl groups excluding tert-OH is 1. The minimum absolute atomic E-state index is 0.401. The van der Waals surface area contributed by atoms with Crippen molar-refractivity contribution in [2.45, 2.75) is 44.8 Å². The Morgan fingerprint density at radius 1 is 1.39 bits per heavy atom. The van der Waals surface area contributed by atoms with E-state index >= 15 is 0 Å². The lowest BCUT2D eigenvalue weighted by molar-refractivity contribution is 0.139. The topological polar surface area (TPSA) is 23.5 Å². The number of benzene rings is 1. The summed E-state index contributed by atoms with van der Waals surface area (Å²) < 4.78 is 0. The van der Waals surface area contributed by atoms with Crippen molar-refractivity contribution in [3.63, 3.8) is 0 Å². The van der Waals surface area contributed by atoms with Crippen molar-refractivity contribution in [1.29, 1.82) is 0 Å². The molecule has 0 aliphatic heterocycles. The lowest BCUT2D eigenvalue weighted by Gasteiger charge is -2.22. The Labute approximate surface area is 115 Å². The average Bonchev–Trinajstić information content (AvgIpc) is 3.18. The van der Waals surface area contributed by atoms with E-state index in [1.54, 1.807) is 0 Å². The van der Waals surface area contributed by atoms with Crippen LogP contribution in [0.1, 0.15) is 44.3 Å². The van der Waals surface area contributed by atoms with Gasteiger partial charge in [0.05, 0.1) is 6.10 Å². The molecule has 1 aliphatic rings. The van der Waals surface area contributed by atoms with Crippen molar-refractivity contribution in [2.24, 2.45) is 0 Å². The van der Waals surface area contributed by atoms with E-state index < -0.39 is 6.10 Å². The summed E-state index contributed by atoms with van der Waals surface area (Å²) in [5.41, 5.74) is 0.926. The van der Waals surface area contributed by atoms with Gasteiger partial charge in [-0.2, -0.15) is 0 Å². The predicted octanol–water partition coefficient (Wildman–Crippen LogP) is 3.64. The SMILES string of the molecule is CCCN(CCC(O)c1cccc(Cl)c1)C1CC1. The minimum Gasteiger partial charge on any atom is -0.388 e. The first-order chi connectivity index (χ1) is 8.70. The number of hydrogen-bond acceptors (Lipinski definition) is 2. The molecule has 2 nitrogen and oxygen atoms in total. The zero-order valence-electron chi connectivity index (χ0n) is 11.0. The van der Waals surface area contributed by atoms with Crippen LogP contribution in [-0.4, -0.2) is 29.1 Å². The summed E-state index contributed by atoms with van der Waals surface area (Å²) in [6.45, 7) is 4.34. The maximum absolute atomic E-state index is 10.2. The van der Waals surface area contributed by atoms with E-state index in [-0.39, 0.29) is 0 Å². The Morgan fingerprint density at radius 2 is 2.17 bits per heavy atom. The number of hydrogen-bond donors (Lipinski definition) is 1. The van der Waals surface area contributed by atoms with Crippen LogP contribution in [0.25, 0.3) is 0 Å². The number of aliphatic hydroxyl groups is 1. The summed E-state index contributed by atoms with van der Waals surface area (Å²) in [5, 5.41) is 10.9. The van der Waals surface area contributed by atoms with Crippen LogP contribution in [0.15, 0.2) is 24.3 Å². The van der Waals surface area contributed by atoms with Gasteiger partial charge < -0.3 is 10.0 Å². The lowest BCUT2D eigenvalue weighted by Crippen LogP contribution is -2.29. The Kier molecular flexibility index (Phi) is 5.04. The summed E-state index contributed by atoms with van der Waals surface area (Å²) in [7, 11) is 0. The summed E-state index contributed by atoms with van der Waals surface area (Å²) in [4.78, 5) is 2.51. The van der Waals surface area contributed by atoms with Gasteiger partial charge in [0.1, 0.15) is 0 Å². The van der Waals surface area contributed by atoms with Crippen molar-refractivity contribution in [3.05, 3.63) is 34.9 Å². The van der Waals surface area contributed by atoms with E-state index in [1.807, 2.05) is 24.3 Å². The molecule has 0 heterocycles. The molecule has 1 saturated carbocycles. The molecule has 0 amide bonds. The van der Waals surface area contributed by atoms with Crippen molar-refractivity contribution in [2.75, 3.05) is 13.1 Å². The molecule has 0 saturated heterocycles. The van der Waals surface area contributed by atoms with Crippen LogP contribution < -0.4 is 0 Å². The smallest absolute Gasteiger partial charge is 0.0802 e. The molecular formula is C15H22ClNO. The first-order valence-electron chi connectivity index (χ1n) is 6.88. The van der Waals surface area contributed by atoms with Crippen LogP contribution in [0.5, 0.6) is 0 Å². The summed E-state index contributed by atoms with van der Waals surface area (Å²) in [5.74, 6) is 0. The van der Waals surface area contributed by atoms with Gasteiger partial charge in [-0.25, -0.2) is 0 Å². The Morgan fingerprint density at radius 3 is 2.78 bits per heavy atom. The maximum Gasteiger partial charge on any atom is 0.0802 e. The number of rotatable bonds is 7. The van der Waals surface area contributed by atoms with Gasteiger partial charge in [-0.15, -0.1) is 0 Å². The van der Waals surface area contributed by atoms with Crippen LogP contribution >= 0.6 is 11.6 Å². The standard InChI is InChI=1S/C15H22ClNO/c1-2-9-17(14-6-7-14)10-8-15(18)12-4-3-5-13(16)11-12/h3-5,11,14-15,18H,2,6-10H2,1H3. The first-order valence-corrected chi connectivity index (χ1v) is 7.26. The van der Waals surface area contributed by atoms with E-state index in [1.165, 1.54) is 19.3 Å². The fourth-order valence-electron chi connectivity index (χ4n) is 2.37. The van der Waals surface area contributed by atoms with Crippen molar-refractivity contribution >= 4 is 11.6 Å². The second-order valence-electron chi connectivity index (χ2n) is 5.13. The molecule has 0 aromatic heterocycles. The minimum atomic E-state index is -0.401. The van der Waals surface area contributed by atoms with Gasteiger partial charge in [0.2, 0.25) is 0 Å². The second kappa shape index (κ2) is 6.55. The van der Waals surface area contributed by atoms with Crippen molar-refractivity contribution < 1.29 is 5.11 Å². The first kappa shape index (κ1) is 13.9. The van der Waals surface area contributed by atoms with Crippen LogP contribution in [0.3, 0.4) is 0 Å². The van der Waals surface area contributed by atoms with E-state index in [0.717, 1.165) is 31.1 Å². The van der Waals surface area contributed by atoms with Crippen LogP contribution in [0.2, 0.25) is 5.02 Å².